The third-order valence-electron chi connectivity index (χ3n) is 4.92. The number of aromatic nitrogens is 1. The minimum absolute atomic E-state index is 0.184. The van der Waals surface area contributed by atoms with Gasteiger partial charge in [0, 0.05) is 23.9 Å². The molecule has 0 amide bonds. The smallest absolute Gasteiger partial charge is 0.161 e. The van der Waals surface area contributed by atoms with Crippen LogP contribution in [-0.2, 0) is 0 Å². The number of ether oxygens (including phenoxy) is 2. The van der Waals surface area contributed by atoms with Crippen LogP contribution in [0.3, 0.4) is 0 Å². The highest BCUT2D eigenvalue weighted by Crippen LogP contribution is 2.27. The van der Waals surface area contributed by atoms with E-state index in [1.54, 1.807) is 11.8 Å². The van der Waals surface area contributed by atoms with Gasteiger partial charge in [-0.25, -0.2) is 0 Å². The first kappa shape index (κ1) is 20.1. The van der Waals surface area contributed by atoms with Crippen molar-refractivity contribution in [1.82, 2.24) is 10.0 Å². The average molecular weight is 406 g/mol. The number of nitrogens with zero attached hydrogens (tertiary/aromatic N) is 1. The summed E-state index contributed by atoms with van der Waals surface area (Å²) in [6.45, 7) is 1.67. The molecular formula is C24H26N2O4. The maximum Gasteiger partial charge on any atom is 0.161 e. The number of para-hydroxylation sites is 4. The van der Waals surface area contributed by atoms with Gasteiger partial charge >= 0.3 is 0 Å². The van der Waals surface area contributed by atoms with Crippen molar-refractivity contribution in [2.75, 3.05) is 33.4 Å². The Morgan fingerprint density at radius 2 is 1.47 bits per heavy atom. The molecule has 6 nitrogen and oxygen atoms in total. The number of hydrogen-bond acceptors (Lipinski definition) is 5. The standard InChI is InChI=1S/C24H26N2O4/c1-28-23-12-6-7-13-24(23)29-15-14-25-16-18(27)17-30-26-21-10-4-2-8-19(21)20-9-3-5-11-22(20)26/h2-13,18,25,27H,14-17H2,1H3. The maximum absolute atomic E-state index is 10.3. The summed E-state index contributed by atoms with van der Waals surface area (Å²) in [5.74, 6) is 1.41. The Bertz CT molecular complexity index is 1060. The van der Waals surface area contributed by atoms with E-state index in [9.17, 15) is 5.11 Å². The summed E-state index contributed by atoms with van der Waals surface area (Å²) in [5.41, 5.74) is 1.98. The molecule has 4 rings (SSSR count). The van der Waals surface area contributed by atoms with Crippen LogP contribution in [0.15, 0.2) is 72.8 Å². The molecule has 0 bridgehead atoms. The third-order valence-corrected chi connectivity index (χ3v) is 4.92. The Labute approximate surface area is 175 Å². The molecule has 0 saturated carbocycles. The fourth-order valence-electron chi connectivity index (χ4n) is 3.49. The van der Waals surface area contributed by atoms with E-state index in [-0.39, 0.29) is 6.61 Å². The minimum Gasteiger partial charge on any atom is -0.493 e. The van der Waals surface area contributed by atoms with Gasteiger partial charge in [-0.1, -0.05) is 48.5 Å². The van der Waals surface area contributed by atoms with Crippen LogP contribution in [0.4, 0.5) is 0 Å². The lowest BCUT2D eigenvalue weighted by molar-refractivity contribution is 0.0365. The molecule has 1 aromatic heterocycles. The molecule has 0 spiro atoms. The Morgan fingerprint density at radius 1 is 0.867 bits per heavy atom. The zero-order valence-corrected chi connectivity index (χ0v) is 17.0. The van der Waals surface area contributed by atoms with Crippen molar-refractivity contribution in [2.45, 2.75) is 6.10 Å². The summed E-state index contributed by atoms with van der Waals surface area (Å²) in [5, 5.41) is 15.8. The van der Waals surface area contributed by atoms with Gasteiger partial charge in [-0.05, 0) is 24.3 Å². The van der Waals surface area contributed by atoms with Crippen LogP contribution in [0.25, 0.3) is 21.8 Å². The van der Waals surface area contributed by atoms with Crippen LogP contribution in [0, 0.1) is 0 Å². The summed E-state index contributed by atoms with van der Waals surface area (Å²) in [6.07, 6.45) is -0.642. The second-order valence-electron chi connectivity index (χ2n) is 6.98. The minimum atomic E-state index is -0.642. The molecule has 30 heavy (non-hydrogen) atoms. The number of hydrogen-bond donors (Lipinski definition) is 2. The van der Waals surface area contributed by atoms with E-state index in [0.29, 0.717) is 31.2 Å². The lowest BCUT2D eigenvalue weighted by Gasteiger charge is -2.15. The van der Waals surface area contributed by atoms with E-state index in [1.165, 1.54) is 0 Å². The largest absolute Gasteiger partial charge is 0.493 e. The SMILES string of the molecule is COc1ccccc1OCCNCC(O)COn1c2ccccc2c2ccccc21. The van der Waals surface area contributed by atoms with E-state index in [0.717, 1.165) is 21.8 Å². The zero-order valence-electron chi connectivity index (χ0n) is 17.0. The highest BCUT2D eigenvalue weighted by Gasteiger charge is 2.12. The van der Waals surface area contributed by atoms with Gasteiger partial charge in [0.2, 0.25) is 0 Å². The number of benzene rings is 3. The van der Waals surface area contributed by atoms with Gasteiger partial charge in [-0.3, -0.25) is 0 Å². The molecule has 1 heterocycles. The normalized spacial score (nSPS) is 12.2. The van der Waals surface area contributed by atoms with Crippen LogP contribution in [-0.4, -0.2) is 49.4 Å². The molecule has 2 N–H and O–H groups in total. The van der Waals surface area contributed by atoms with Crippen molar-refractivity contribution in [2.24, 2.45) is 0 Å². The number of aliphatic hydroxyl groups excluding tert-OH is 1. The van der Waals surface area contributed by atoms with Crippen LogP contribution in [0.2, 0.25) is 0 Å². The maximum atomic E-state index is 10.3. The number of fused-ring (bicyclic) bond motifs is 3. The average Bonchev–Trinajstić information content (AvgIpc) is 3.11. The summed E-state index contributed by atoms with van der Waals surface area (Å²) < 4.78 is 12.8. The number of rotatable bonds is 10. The second-order valence-corrected chi connectivity index (χ2v) is 6.98. The van der Waals surface area contributed by atoms with E-state index in [2.05, 4.69) is 17.4 Å². The molecule has 6 heteroatoms. The van der Waals surface area contributed by atoms with Crippen LogP contribution in [0.5, 0.6) is 11.5 Å². The first-order valence-electron chi connectivity index (χ1n) is 10.0. The van der Waals surface area contributed by atoms with E-state index < -0.39 is 6.10 Å². The topological polar surface area (TPSA) is 64.9 Å². The molecule has 0 saturated heterocycles. The fraction of sp³-hybridized carbons (Fsp3) is 0.250. The number of methoxy groups -OCH3 is 1. The Hall–Kier alpha value is -3.22. The van der Waals surface area contributed by atoms with E-state index in [4.69, 9.17) is 14.3 Å². The Balaban J connectivity index is 1.28. The van der Waals surface area contributed by atoms with Gasteiger partial charge in [-0.2, -0.15) is 4.73 Å². The predicted molar refractivity (Wildman–Crippen MR) is 118 cm³/mol. The third kappa shape index (κ3) is 4.35. The van der Waals surface area contributed by atoms with Crippen molar-refractivity contribution >= 4 is 21.8 Å². The monoisotopic (exact) mass is 406 g/mol. The van der Waals surface area contributed by atoms with Crippen LogP contribution < -0.4 is 19.6 Å². The second kappa shape index (κ2) is 9.52. The molecular weight excluding hydrogens is 380 g/mol. The van der Waals surface area contributed by atoms with Crippen molar-refractivity contribution < 1.29 is 19.4 Å². The molecule has 4 aromatic rings. The summed E-state index contributed by atoms with van der Waals surface area (Å²) >= 11 is 0. The van der Waals surface area contributed by atoms with Crippen molar-refractivity contribution in [3.63, 3.8) is 0 Å². The Kier molecular flexibility index (Phi) is 6.37. The van der Waals surface area contributed by atoms with Crippen LogP contribution in [0.1, 0.15) is 0 Å². The predicted octanol–water partition coefficient (Wildman–Crippen LogP) is 3.26. The molecule has 3 aromatic carbocycles. The first-order valence-corrected chi connectivity index (χ1v) is 10.0. The summed E-state index contributed by atoms with van der Waals surface area (Å²) in [4.78, 5) is 5.97. The number of aliphatic hydroxyl groups is 1. The molecule has 0 aliphatic carbocycles. The molecule has 156 valence electrons. The fourth-order valence-corrected chi connectivity index (χ4v) is 3.49. The highest BCUT2D eigenvalue weighted by atomic mass is 16.7. The summed E-state index contributed by atoms with van der Waals surface area (Å²) in [6, 6.07) is 23.8. The molecule has 0 aliphatic heterocycles. The van der Waals surface area contributed by atoms with Gasteiger partial charge in [0.15, 0.2) is 11.5 Å². The molecule has 0 fully saturated rings. The van der Waals surface area contributed by atoms with Crippen LogP contribution >= 0.6 is 0 Å². The molecule has 0 radical (unpaired) electrons. The lowest BCUT2D eigenvalue weighted by atomic mass is 10.2. The summed E-state index contributed by atoms with van der Waals surface area (Å²) in [7, 11) is 1.62. The number of nitrogens with one attached hydrogen (secondary N) is 1. The van der Waals surface area contributed by atoms with Crippen molar-refractivity contribution in [1.29, 1.82) is 0 Å². The van der Waals surface area contributed by atoms with Gasteiger partial charge < -0.3 is 24.7 Å². The molecule has 0 aliphatic rings. The quantitative estimate of drug-likeness (QED) is 0.396. The van der Waals surface area contributed by atoms with Gasteiger partial charge in [0.1, 0.15) is 19.3 Å². The van der Waals surface area contributed by atoms with E-state index >= 15 is 0 Å². The molecule has 1 atom stereocenters. The van der Waals surface area contributed by atoms with Crippen molar-refractivity contribution in [3.8, 4) is 11.5 Å². The molecule has 1 unspecified atom stereocenters. The van der Waals surface area contributed by atoms with Gasteiger partial charge in [0.25, 0.3) is 0 Å². The lowest BCUT2D eigenvalue weighted by Crippen LogP contribution is -2.35. The Morgan fingerprint density at radius 3 is 2.13 bits per heavy atom. The highest BCUT2D eigenvalue weighted by molar-refractivity contribution is 6.07. The first-order chi connectivity index (χ1) is 14.8. The van der Waals surface area contributed by atoms with Crippen molar-refractivity contribution in [3.05, 3.63) is 72.8 Å². The zero-order chi connectivity index (χ0) is 20.8. The van der Waals surface area contributed by atoms with Gasteiger partial charge in [-0.15, -0.1) is 0 Å². The van der Waals surface area contributed by atoms with E-state index in [1.807, 2.05) is 60.7 Å². The van der Waals surface area contributed by atoms with Gasteiger partial charge in [0.05, 0.1) is 18.1 Å².